The monoisotopic (exact) mass is 345 g/mol. The van der Waals surface area contributed by atoms with Crippen molar-refractivity contribution >= 4 is 40.7 Å². The van der Waals surface area contributed by atoms with Crippen molar-refractivity contribution in [3.05, 3.63) is 28.2 Å². The summed E-state index contributed by atoms with van der Waals surface area (Å²) >= 11 is 11.7. The first-order chi connectivity index (χ1) is 10.5. The van der Waals surface area contributed by atoms with Crippen molar-refractivity contribution in [3.63, 3.8) is 0 Å². The molecule has 0 spiro atoms. The van der Waals surface area contributed by atoms with Crippen LogP contribution >= 0.6 is 23.2 Å². The number of aliphatic hydroxyl groups is 1. The third-order valence-corrected chi connectivity index (χ3v) is 3.72. The number of hydrogen-bond donors (Lipinski definition) is 3. The number of carbonyl (C=O) groups is 2. The van der Waals surface area contributed by atoms with Gasteiger partial charge in [0.05, 0.1) is 19.1 Å². The van der Waals surface area contributed by atoms with Gasteiger partial charge in [-0.05, 0) is 18.2 Å². The topological polar surface area (TPSA) is 81.7 Å². The maximum Gasteiger partial charge on any atom is 0.240 e. The van der Waals surface area contributed by atoms with E-state index in [9.17, 15) is 9.59 Å². The van der Waals surface area contributed by atoms with Gasteiger partial charge in [0.25, 0.3) is 0 Å². The fourth-order valence-electron chi connectivity index (χ4n) is 2.32. The Kier molecular flexibility index (Phi) is 6.02. The average Bonchev–Trinajstić information content (AvgIpc) is 2.42. The van der Waals surface area contributed by atoms with Gasteiger partial charge in [-0.2, -0.15) is 0 Å². The van der Waals surface area contributed by atoms with Crippen LogP contribution in [0.1, 0.15) is 6.42 Å². The number of halogens is 2. The Balaban J connectivity index is 1.95. The van der Waals surface area contributed by atoms with Crippen LogP contribution in [0.4, 0.5) is 5.69 Å². The first kappa shape index (κ1) is 17.0. The molecule has 22 heavy (non-hydrogen) atoms. The molecule has 1 heterocycles. The highest BCUT2D eigenvalue weighted by Gasteiger charge is 2.29. The third-order valence-electron chi connectivity index (χ3n) is 3.29. The molecule has 8 heteroatoms. The number of benzene rings is 1. The molecule has 0 radical (unpaired) electrons. The van der Waals surface area contributed by atoms with Gasteiger partial charge in [-0.3, -0.25) is 9.59 Å². The molecule has 1 aliphatic heterocycles. The molecule has 2 rings (SSSR count). The molecular formula is C14H17Cl2N3O3. The number of anilines is 1. The van der Waals surface area contributed by atoms with Crippen LogP contribution in [0.2, 0.25) is 10.0 Å². The molecule has 1 aliphatic rings. The smallest absolute Gasteiger partial charge is 0.240 e. The van der Waals surface area contributed by atoms with Crippen molar-refractivity contribution in [3.8, 4) is 0 Å². The molecule has 0 saturated carbocycles. The van der Waals surface area contributed by atoms with Crippen LogP contribution in [0.3, 0.4) is 0 Å². The molecule has 0 aromatic heterocycles. The van der Waals surface area contributed by atoms with Gasteiger partial charge in [-0.15, -0.1) is 0 Å². The number of hydrogen-bond acceptors (Lipinski definition) is 4. The quantitative estimate of drug-likeness (QED) is 0.746. The molecule has 0 unspecified atom stereocenters. The maximum atomic E-state index is 12.1. The summed E-state index contributed by atoms with van der Waals surface area (Å²) in [4.78, 5) is 25.7. The number of nitrogens with zero attached hydrogens (tertiary/aromatic N) is 1. The highest BCUT2D eigenvalue weighted by atomic mass is 35.5. The Morgan fingerprint density at radius 3 is 2.68 bits per heavy atom. The summed E-state index contributed by atoms with van der Waals surface area (Å²) in [5.41, 5.74) is 0.484. The van der Waals surface area contributed by atoms with E-state index in [2.05, 4.69) is 10.6 Å². The zero-order chi connectivity index (χ0) is 16.1. The number of β-amino-alcohol motifs (C(OH)–C–C–N with tert-alkyl or cyclic N) is 1. The van der Waals surface area contributed by atoms with E-state index in [1.165, 1.54) is 0 Å². The van der Waals surface area contributed by atoms with E-state index < -0.39 is 6.04 Å². The van der Waals surface area contributed by atoms with Crippen LogP contribution in [0.15, 0.2) is 18.2 Å². The van der Waals surface area contributed by atoms with Crippen molar-refractivity contribution in [2.45, 2.75) is 12.5 Å². The van der Waals surface area contributed by atoms with Crippen molar-refractivity contribution in [1.82, 2.24) is 10.2 Å². The SMILES string of the molecule is O=C(C[C@@H]1NCCN(CCO)C1=O)Nc1cc(Cl)cc(Cl)c1. The highest BCUT2D eigenvalue weighted by molar-refractivity contribution is 6.35. The average molecular weight is 346 g/mol. The van der Waals surface area contributed by atoms with Gasteiger partial charge in [-0.1, -0.05) is 23.2 Å². The first-order valence-electron chi connectivity index (χ1n) is 6.88. The second-order valence-corrected chi connectivity index (χ2v) is 5.84. The van der Waals surface area contributed by atoms with Crippen molar-refractivity contribution < 1.29 is 14.7 Å². The lowest BCUT2D eigenvalue weighted by atomic mass is 10.1. The van der Waals surface area contributed by atoms with Gasteiger partial charge in [-0.25, -0.2) is 0 Å². The zero-order valence-corrected chi connectivity index (χ0v) is 13.3. The number of amides is 2. The maximum absolute atomic E-state index is 12.1. The summed E-state index contributed by atoms with van der Waals surface area (Å²) < 4.78 is 0. The number of carbonyl (C=O) groups excluding carboxylic acids is 2. The lowest BCUT2D eigenvalue weighted by Gasteiger charge is -2.32. The number of piperazine rings is 1. The summed E-state index contributed by atoms with van der Waals surface area (Å²) in [5, 5.41) is 15.5. The van der Waals surface area contributed by atoms with Crippen molar-refractivity contribution in [1.29, 1.82) is 0 Å². The molecule has 0 aliphatic carbocycles. The Labute approximate surface area is 138 Å². The van der Waals surface area contributed by atoms with Crippen LogP contribution in [-0.2, 0) is 9.59 Å². The molecular weight excluding hydrogens is 329 g/mol. The minimum atomic E-state index is -0.588. The van der Waals surface area contributed by atoms with Gasteiger partial charge in [0.1, 0.15) is 0 Å². The van der Waals surface area contributed by atoms with Gasteiger partial charge in [0.15, 0.2) is 0 Å². The molecule has 2 amide bonds. The Morgan fingerprint density at radius 2 is 2.05 bits per heavy atom. The van der Waals surface area contributed by atoms with Crippen LogP contribution in [0.5, 0.6) is 0 Å². The second kappa shape index (κ2) is 7.78. The Bertz CT molecular complexity index is 546. The van der Waals surface area contributed by atoms with Crippen molar-refractivity contribution in [2.75, 3.05) is 31.6 Å². The van der Waals surface area contributed by atoms with E-state index in [4.69, 9.17) is 28.3 Å². The molecule has 1 aromatic rings. The summed E-state index contributed by atoms with van der Waals surface area (Å²) in [7, 11) is 0. The summed E-state index contributed by atoms with van der Waals surface area (Å²) in [6.07, 6.45) is 0.00486. The largest absolute Gasteiger partial charge is 0.395 e. The predicted molar refractivity (Wildman–Crippen MR) is 85.2 cm³/mol. The molecule has 0 bridgehead atoms. The molecule has 1 fully saturated rings. The fraction of sp³-hybridized carbons (Fsp3) is 0.429. The summed E-state index contributed by atoms with van der Waals surface area (Å²) in [6.45, 7) is 1.31. The van der Waals surface area contributed by atoms with E-state index in [1.807, 2.05) is 0 Å². The van der Waals surface area contributed by atoms with E-state index in [0.717, 1.165) is 0 Å². The van der Waals surface area contributed by atoms with Crippen LogP contribution in [0.25, 0.3) is 0 Å². The minimum absolute atomic E-state index is 0.00486. The summed E-state index contributed by atoms with van der Waals surface area (Å²) in [5.74, 6) is -0.491. The van der Waals surface area contributed by atoms with Crippen LogP contribution in [-0.4, -0.2) is 54.1 Å². The van der Waals surface area contributed by atoms with Gasteiger partial charge < -0.3 is 20.6 Å². The molecule has 1 saturated heterocycles. The van der Waals surface area contributed by atoms with Crippen LogP contribution in [0, 0.1) is 0 Å². The van der Waals surface area contributed by atoms with Gasteiger partial charge >= 0.3 is 0 Å². The van der Waals surface area contributed by atoms with E-state index in [0.29, 0.717) is 28.8 Å². The Morgan fingerprint density at radius 1 is 1.36 bits per heavy atom. The van der Waals surface area contributed by atoms with E-state index >= 15 is 0 Å². The first-order valence-corrected chi connectivity index (χ1v) is 7.64. The third kappa shape index (κ3) is 4.58. The number of aliphatic hydroxyl groups excluding tert-OH is 1. The van der Waals surface area contributed by atoms with Gasteiger partial charge in [0.2, 0.25) is 11.8 Å². The standard InChI is InChI=1S/C14H17Cl2N3O3/c15-9-5-10(16)7-11(6-9)18-13(21)8-12-14(22)19(3-4-20)2-1-17-12/h5-7,12,17,20H,1-4,8H2,(H,18,21)/t12-/m0/s1. The van der Waals surface area contributed by atoms with Crippen molar-refractivity contribution in [2.24, 2.45) is 0 Å². The highest BCUT2D eigenvalue weighted by Crippen LogP contribution is 2.22. The number of nitrogens with one attached hydrogen (secondary N) is 2. The minimum Gasteiger partial charge on any atom is -0.395 e. The molecule has 120 valence electrons. The molecule has 3 N–H and O–H groups in total. The predicted octanol–water partition coefficient (Wildman–Crippen LogP) is 1.11. The second-order valence-electron chi connectivity index (χ2n) is 4.97. The fourth-order valence-corrected chi connectivity index (χ4v) is 2.84. The zero-order valence-electron chi connectivity index (χ0n) is 11.8. The lowest BCUT2D eigenvalue weighted by Crippen LogP contribution is -2.56. The molecule has 1 atom stereocenters. The summed E-state index contributed by atoms with van der Waals surface area (Å²) in [6, 6.07) is 4.14. The van der Waals surface area contributed by atoms with E-state index in [-0.39, 0.29) is 31.4 Å². The lowest BCUT2D eigenvalue weighted by molar-refractivity contribution is -0.138. The van der Waals surface area contributed by atoms with Crippen LogP contribution < -0.4 is 10.6 Å². The molecule has 6 nitrogen and oxygen atoms in total. The Hall–Kier alpha value is -1.34. The molecule has 1 aromatic carbocycles. The number of rotatable bonds is 5. The van der Waals surface area contributed by atoms with Gasteiger partial charge in [0, 0.05) is 35.4 Å². The normalized spacial score (nSPS) is 18.4. The van der Waals surface area contributed by atoms with E-state index in [1.54, 1.807) is 23.1 Å².